The first-order valence-electron chi connectivity index (χ1n) is 12.2. The Hall–Kier alpha value is -4.21. The van der Waals surface area contributed by atoms with Crippen molar-refractivity contribution in [3.63, 3.8) is 0 Å². The number of hydrogen-bond donors (Lipinski definition) is 0. The van der Waals surface area contributed by atoms with E-state index in [1.54, 1.807) is 7.11 Å². The van der Waals surface area contributed by atoms with Crippen LogP contribution in [-0.2, 0) is 0 Å². The molecule has 1 saturated heterocycles. The Morgan fingerprint density at radius 3 is 2.22 bits per heavy atom. The van der Waals surface area contributed by atoms with Gasteiger partial charge in [-0.05, 0) is 67.1 Å². The number of methoxy groups -OCH3 is 1. The number of piperazine rings is 1. The fourth-order valence-electron chi connectivity index (χ4n) is 4.91. The zero-order valence-corrected chi connectivity index (χ0v) is 21.6. The van der Waals surface area contributed by atoms with Crippen molar-refractivity contribution in [2.24, 2.45) is 0 Å². The molecule has 0 N–H and O–H groups in total. The zero-order valence-electron chi connectivity index (χ0n) is 20.8. The minimum atomic E-state index is -0.00807. The molecule has 1 aliphatic rings. The molecule has 0 atom stereocenters. The number of amides is 1. The minimum absolute atomic E-state index is 0.00807. The fraction of sp³-hybridized carbons (Fsp3) is 0.200. The van der Waals surface area contributed by atoms with Gasteiger partial charge in [-0.1, -0.05) is 35.9 Å². The first kappa shape index (κ1) is 24.5. The lowest BCUT2D eigenvalue weighted by Gasteiger charge is -2.36. The van der Waals surface area contributed by atoms with E-state index >= 15 is 0 Å². The molecule has 4 aromatic rings. The number of anilines is 1. The topological polar surface area (TPSA) is 61.5 Å². The predicted octanol–water partition coefficient (Wildman–Crippen LogP) is 5.95. The van der Waals surface area contributed by atoms with Gasteiger partial charge in [-0.3, -0.25) is 4.79 Å². The molecule has 0 aliphatic carbocycles. The Bertz CT molecular complexity index is 1480. The molecule has 1 fully saturated rings. The molecule has 0 bridgehead atoms. The summed E-state index contributed by atoms with van der Waals surface area (Å²) in [5.74, 6) is 0.759. The molecule has 5 rings (SSSR count). The highest BCUT2D eigenvalue weighted by Crippen LogP contribution is 2.34. The molecule has 186 valence electrons. The van der Waals surface area contributed by atoms with E-state index in [1.165, 1.54) is 0 Å². The first-order valence-corrected chi connectivity index (χ1v) is 12.5. The van der Waals surface area contributed by atoms with Crippen LogP contribution < -0.4 is 9.64 Å². The van der Waals surface area contributed by atoms with E-state index in [2.05, 4.69) is 15.5 Å². The first-order chi connectivity index (χ1) is 18.0. The lowest BCUT2D eigenvalue weighted by Crippen LogP contribution is -2.49. The van der Waals surface area contributed by atoms with E-state index in [1.807, 2.05) is 90.7 Å². The third-order valence-electron chi connectivity index (χ3n) is 6.89. The van der Waals surface area contributed by atoms with Crippen LogP contribution in [0.1, 0.15) is 21.6 Å². The van der Waals surface area contributed by atoms with Crippen LogP contribution in [0.15, 0.2) is 78.9 Å². The van der Waals surface area contributed by atoms with Crippen LogP contribution in [0.25, 0.3) is 16.9 Å². The maximum atomic E-state index is 13.8. The molecule has 6 nitrogen and oxygen atoms in total. The van der Waals surface area contributed by atoms with Gasteiger partial charge in [0.1, 0.15) is 11.8 Å². The molecule has 7 heteroatoms. The van der Waals surface area contributed by atoms with Gasteiger partial charge in [-0.2, -0.15) is 5.26 Å². The SMILES string of the molecule is COc1ccc(-c2cc(C(=O)N3CCN(c4ccccc4C#N)CC3)c(C)n2-c2ccccc2Cl)cc1. The number of hydrogen-bond acceptors (Lipinski definition) is 4. The van der Waals surface area contributed by atoms with Crippen LogP contribution in [0.5, 0.6) is 5.75 Å². The van der Waals surface area contributed by atoms with Crippen LogP contribution in [-0.4, -0.2) is 48.7 Å². The van der Waals surface area contributed by atoms with Crippen LogP contribution in [0.3, 0.4) is 0 Å². The van der Waals surface area contributed by atoms with Gasteiger partial charge in [0, 0.05) is 31.9 Å². The molecule has 37 heavy (non-hydrogen) atoms. The predicted molar refractivity (Wildman–Crippen MR) is 147 cm³/mol. The fourth-order valence-corrected chi connectivity index (χ4v) is 5.13. The maximum absolute atomic E-state index is 13.8. The monoisotopic (exact) mass is 510 g/mol. The van der Waals surface area contributed by atoms with Crippen LogP contribution in [0.4, 0.5) is 5.69 Å². The number of ether oxygens (including phenoxy) is 1. The van der Waals surface area contributed by atoms with Gasteiger partial charge in [0.25, 0.3) is 5.91 Å². The standard InChI is InChI=1S/C30H27ClN4O2/c1-21-25(30(36)34-17-15-33(16-18-34)27-9-5-3-7-23(27)20-32)19-29(22-11-13-24(37-2)14-12-22)35(21)28-10-6-4-8-26(28)31/h3-14,19H,15-18H2,1-2H3. The van der Waals surface area contributed by atoms with Gasteiger partial charge in [-0.15, -0.1) is 0 Å². The smallest absolute Gasteiger partial charge is 0.255 e. The second-order valence-electron chi connectivity index (χ2n) is 8.95. The highest BCUT2D eigenvalue weighted by molar-refractivity contribution is 6.32. The van der Waals surface area contributed by atoms with Crippen molar-refractivity contribution in [1.82, 2.24) is 9.47 Å². The summed E-state index contributed by atoms with van der Waals surface area (Å²) in [4.78, 5) is 17.9. The molecular weight excluding hydrogens is 484 g/mol. The van der Waals surface area contributed by atoms with E-state index in [-0.39, 0.29) is 5.91 Å². The summed E-state index contributed by atoms with van der Waals surface area (Å²) >= 11 is 6.61. The van der Waals surface area contributed by atoms with Gasteiger partial charge in [0.15, 0.2) is 0 Å². The van der Waals surface area contributed by atoms with Crippen molar-refractivity contribution in [1.29, 1.82) is 5.26 Å². The second-order valence-corrected chi connectivity index (χ2v) is 9.36. The third-order valence-corrected chi connectivity index (χ3v) is 7.21. The molecule has 1 aromatic heterocycles. The van der Waals surface area contributed by atoms with Crippen molar-refractivity contribution in [2.45, 2.75) is 6.92 Å². The molecule has 3 aromatic carbocycles. The van der Waals surface area contributed by atoms with Crippen LogP contribution in [0, 0.1) is 18.3 Å². The third kappa shape index (κ3) is 4.66. The number of rotatable bonds is 5. The summed E-state index contributed by atoms with van der Waals surface area (Å²) in [6, 6.07) is 27.3. The summed E-state index contributed by atoms with van der Waals surface area (Å²) in [6.07, 6.45) is 0. The second kappa shape index (κ2) is 10.4. The van der Waals surface area contributed by atoms with E-state index < -0.39 is 0 Å². The Morgan fingerprint density at radius 1 is 0.919 bits per heavy atom. The highest BCUT2D eigenvalue weighted by atomic mass is 35.5. The van der Waals surface area contributed by atoms with E-state index in [0.717, 1.165) is 34.1 Å². The normalized spacial score (nSPS) is 13.4. The molecule has 0 saturated carbocycles. The molecule has 1 amide bonds. The van der Waals surface area contributed by atoms with Crippen molar-refractivity contribution in [2.75, 3.05) is 38.2 Å². The number of carbonyl (C=O) groups is 1. The molecule has 0 spiro atoms. The van der Waals surface area contributed by atoms with E-state index in [4.69, 9.17) is 16.3 Å². The number of nitrogens with zero attached hydrogens (tertiary/aromatic N) is 4. The Labute approximate surface area is 221 Å². The summed E-state index contributed by atoms with van der Waals surface area (Å²) in [5, 5.41) is 10.1. The van der Waals surface area contributed by atoms with Crippen molar-refractivity contribution < 1.29 is 9.53 Å². The largest absolute Gasteiger partial charge is 0.497 e. The van der Waals surface area contributed by atoms with Gasteiger partial charge in [-0.25, -0.2) is 0 Å². The number of para-hydroxylation sites is 2. The molecule has 0 unspecified atom stereocenters. The lowest BCUT2D eigenvalue weighted by molar-refractivity contribution is 0.0746. The quantitative estimate of drug-likeness (QED) is 0.333. The van der Waals surface area contributed by atoms with E-state index in [9.17, 15) is 10.1 Å². The van der Waals surface area contributed by atoms with Crippen LogP contribution in [0.2, 0.25) is 5.02 Å². The minimum Gasteiger partial charge on any atom is -0.497 e. The number of nitriles is 1. The molecule has 2 heterocycles. The summed E-state index contributed by atoms with van der Waals surface area (Å²) < 4.78 is 7.38. The summed E-state index contributed by atoms with van der Waals surface area (Å²) in [5.41, 5.74) is 5.72. The number of aromatic nitrogens is 1. The average molecular weight is 511 g/mol. The Balaban J connectivity index is 1.47. The summed E-state index contributed by atoms with van der Waals surface area (Å²) in [7, 11) is 1.64. The van der Waals surface area contributed by atoms with Crippen molar-refractivity contribution in [3.8, 4) is 28.8 Å². The molecule has 0 radical (unpaired) electrons. The number of halogens is 1. The van der Waals surface area contributed by atoms with Gasteiger partial charge >= 0.3 is 0 Å². The highest BCUT2D eigenvalue weighted by Gasteiger charge is 2.27. The van der Waals surface area contributed by atoms with E-state index in [0.29, 0.717) is 42.3 Å². The number of benzene rings is 3. The molecular formula is C30H27ClN4O2. The van der Waals surface area contributed by atoms with Crippen molar-refractivity contribution in [3.05, 3.63) is 101 Å². The van der Waals surface area contributed by atoms with Crippen LogP contribution >= 0.6 is 11.6 Å². The maximum Gasteiger partial charge on any atom is 0.255 e. The Kier molecular flexibility index (Phi) is 6.89. The number of carbonyl (C=O) groups excluding carboxylic acids is 1. The van der Waals surface area contributed by atoms with Gasteiger partial charge < -0.3 is 19.1 Å². The van der Waals surface area contributed by atoms with Crippen molar-refractivity contribution >= 4 is 23.2 Å². The Morgan fingerprint density at radius 2 is 1.57 bits per heavy atom. The summed E-state index contributed by atoms with van der Waals surface area (Å²) in [6.45, 7) is 4.45. The zero-order chi connectivity index (χ0) is 25.9. The molecule has 1 aliphatic heterocycles. The average Bonchev–Trinajstić information content (AvgIpc) is 3.29. The van der Waals surface area contributed by atoms with Gasteiger partial charge in [0.05, 0.1) is 40.3 Å². The lowest BCUT2D eigenvalue weighted by atomic mass is 10.1. The van der Waals surface area contributed by atoms with Gasteiger partial charge in [0.2, 0.25) is 0 Å².